The Morgan fingerprint density at radius 1 is 1.25 bits per heavy atom. The summed E-state index contributed by atoms with van der Waals surface area (Å²) in [6, 6.07) is 10.5. The minimum Gasteiger partial charge on any atom is -0.497 e. The van der Waals surface area contributed by atoms with Crippen LogP contribution in [0.15, 0.2) is 42.6 Å². The van der Waals surface area contributed by atoms with E-state index in [9.17, 15) is 9.90 Å². The van der Waals surface area contributed by atoms with Gasteiger partial charge in [-0.1, -0.05) is 22.9 Å². The van der Waals surface area contributed by atoms with E-state index in [0.717, 1.165) is 5.56 Å². The number of halogens is 1. The van der Waals surface area contributed by atoms with Crippen LogP contribution in [-0.2, 0) is 6.54 Å². The summed E-state index contributed by atoms with van der Waals surface area (Å²) in [4.78, 5) is 15.5. The number of methoxy groups -OCH3 is 1. The van der Waals surface area contributed by atoms with Crippen molar-refractivity contribution in [2.75, 3.05) is 7.11 Å². The Kier molecular flexibility index (Phi) is 4.43. The van der Waals surface area contributed by atoms with Crippen LogP contribution in [0.3, 0.4) is 0 Å². The van der Waals surface area contributed by atoms with Gasteiger partial charge >= 0.3 is 5.97 Å². The van der Waals surface area contributed by atoms with Gasteiger partial charge in [-0.3, -0.25) is 0 Å². The zero-order chi connectivity index (χ0) is 17.1. The van der Waals surface area contributed by atoms with E-state index in [1.54, 1.807) is 49.7 Å². The number of pyridine rings is 1. The molecule has 0 saturated carbocycles. The quantitative estimate of drug-likeness (QED) is 0.716. The van der Waals surface area contributed by atoms with E-state index < -0.39 is 5.97 Å². The summed E-state index contributed by atoms with van der Waals surface area (Å²) in [5, 5.41) is 17.5. The second kappa shape index (κ2) is 6.67. The van der Waals surface area contributed by atoms with Gasteiger partial charge in [-0.05, 0) is 35.9 Å². The van der Waals surface area contributed by atoms with Crippen molar-refractivity contribution in [3.05, 3.63) is 59.0 Å². The molecular weight excluding hydrogens is 332 g/mol. The zero-order valence-corrected chi connectivity index (χ0v) is 13.4. The van der Waals surface area contributed by atoms with Crippen molar-refractivity contribution in [3.63, 3.8) is 0 Å². The summed E-state index contributed by atoms with van der Waals surface area (Å²) < 4.78 is 6.65. The minimum atomic E-state index is -1.14. The molecule has 0 spiro atoms. The Morgan fingerprint density at radius 3 is 2.58 bits per heavy atom. The van der Waals surface area contributed by atoms with Gasteiger partial charge < -0.3 is 9.84 Å². The Hall–Kier alpha value is -2.93. The number of hydrogen-bond donors (Lipinski definition) is 1. The third kappa shape index (κ3) is 3.21. The number of carboxylic acid groups (broad SMARTS) is 1. The van der Waals surface area contributed by atoms with Crippen molar-refractivity contribution in [1.82, 2.24) is 20.0 Å². The minimum absolute atomic E-state index is 0.109. The number of carboxylic acids is 1. The van der Waals surface area contributed by atoms with Gasteiger partial charge in [0, 0.05) is 11.8 Å². The third-order valence-electron chi connectivity index (χ3n) is 3.42. The lowest BCUT2D eigenvalue weighted by Crippen LogP contribution is -2.06. The molecule has 3 rings (SSSR count). The van der Waals surface area contributed by atoms with Crippen LogP contribution in [0.2, 0.25) is 5.15 Å². The van der Waals surface area contributed by atoms with Gasteiger partial charge in [-0.15, -0.1) is 5.10 Å². The highest BCUT2D eigenvalue weighted by Crippen LogP contribution is 2.25. The molecule has 8 heteroatoms. The summed E-state index contributed by atoms with van der Waals surface area (Å²) in [5.74, 6) is -0.460. The molecule has 0 aliphatic rings. The van der Waals surface area contributed by atoms with Crippen LogP contribution in [0.25, 0.3) is 11.3 Å². The third-order valence-corrected chi connectivity index (χ3v) is 3.65. The van der Waals surface area contributed by atoms with Gasteiger partial charge in [0.25, 0.3) is 0 Å². The van der Waals surface area contributed by atoms with Crippen LogP contribution in [0.4, 0.5) is 0 Å². The maximum Gasteiger partial charge on any atom is 0.358 e. The predicted octanol–water partition coefficient (Wildman–Crippen LogP) is 2.75. The lowest BCUT2D eigenvalue weighted by Gasteiger charge is -2.08. The molecule has 24 heavy (non-hydrogen) atoms. The molecule has 1 aromatic carbocycles. The summed E-state index contributed by atoms with van der Waals surface area (Å²) in [5.41, 5.74) is 1.82. The zero-order valence-electron chi connectivity index (χ0n) is 12.7. The summed E-state index contributed by atoms with van der Waals surface area (Å²) in [6.07, 6.45) is 1.61. The van der Waals surface area contributed by atoms with E-state index in [2.05, 4.69) is 15.3 Å². The molecule has 1 N–H and O–H groups in total. The van der Waals surface area contributed by atoms with E-state index in [1.165, 1.54) is 4.68 Å². The smallest absolute Gasteiger partial charge is 0.358 e. The molecule has 2 aromatic heterocycles. The number of ether oxygens (including phenoxy) is 1. The molecule has 0 radical (unpaired) electrons. The average molecular weight is 345 g/mol. The van der Waals surface area contributed by atoms with Gasteiger partial charge in [-0.2, -0.15) is 0 Å². The molecule has 0 bridgehead atoms. The topological polar surface area (TPSA) is 90.1 Å². The number of aromatic nitrogens is 4. The van der Waals surface area contributed by atoms with Crippen molar-refractivity contribution < 1.29 is 14.6 Å². The highest BCUT2D eigenvalue weighted by atomic mass is 35.5. The predicted molar refractivity (Wildman–Crippen MR) is 87.3 cm³/mol. The van der Waals surface area contributed by atoms with Crippen LogP contribution in [0, 0.1) is 0 Å². The molecule has 122 valence electrons. The normalized spacial score (nSPS) is 10.6. The molecule has 0 saturated heterocycles. The fourth-order valence-corrected chi connectivity index (χ4v) is 2.39. The number of hydrogen-bond acceptors (Lipinski definition) is 5. The SMILES string of the molecule is COc1ccc(-c2c(C(=O)O)nnn2Cc2ccc(Cl)nc2)cc1. The summed E-state index contributed by atoms with van der Waals surface area (Å²) in [6.45, 7) is 0.325. The second-order valence-electron chi connectivity index (χ2n) is 4.97. The molecular formula is C16H13ClN4O3. The van der Waals surface area contributed by atoms with Crippen molar-refractivity contribution in [3.8, 4) is 17.0 Å². The van der Waals surface area contributed by atoms with E-state index in [1.807, 2.05) is 0 Å². The second-order valence-corrected chi connectivity index (χ2v) is 5.35. The van der Waals surface area contributed by atoms with Crippen molar-refractivity contribution in [2.24, 2.45) is 0 Å². The van der Waals surface area contributed by atoms with Gasteiger partial charge in [0.05, 0.1) is 13.7 Å². The fourth-order valence-electron chi connectivity index (χ4n) is 2.28. The van der Waals surface area contributed by atoms with Gasteiger partial charge in [0.1, 0.15) is 16.6 Å². The van der Waals surface area contributed by atoms with Crippen LogP contribution >= 0.6 is 11.6 Å². The number of rotatable bonds is 5. The Labute approximate surface area is 142 Å². The van der Waals surface area contributed by atoms with E-state index in [-0.39, 0.29) is 5.69 Å². The maximum absolute atomic E-state index is 11.5. The lowest BCUT2D eigenvalue weighted by atomic mass is 10.1. The maximum atomic E-state index is 11.5. The largest absolute Gasteiger partial charge is 0.497 e. The first-order valence-corrected chi connectivity index (χ1v) is 7.38. The Balaban J connectivity index is 2.03. The van der Waals surface area contributed by atoms with E-state index in [0.29, 0.717) is 28.7 Å². The van der Waals surface area contributed by atoms with Gasteiger partial charge in [0.2, 0.25) is 0 Å². The molecule has 0 unspecified atom stereocenters. The molecule has 7 nitrogen and oxygen atoms in total. The molecule has 0 aliphatic carbocycles. The number of nitrogens with zero attached hydrogens (tertiary/aromatic N) is 4. The fraction of sp³-hybridized carbons (Fsp3) is 0.125. The van der Waals surface area contributed by atoms with Crippen LogP contribution in [0.1, 0.15) is 16.1 Å². The number of carbonyl (C=O) groups is 1. The van der Waals surface area contributed by atoms with E-state index >= 15 is 0 Å². The number of aromatic carboxylic acids is 1. The van der Waals surface area contributed by atoms with Crippen molar-refractivity contribution >= 4 is 17.6 Å². The van der Waals surface area contributed by atoms with Crippen LogP contribution in [0.5, 0.6) is 5.75 Å². The highest BCUT2D eigenvalue weighted by molar-refractivity contribution is 6.29. The van der Waals surface area contributed by atoms with Gasteiger partial charge in [0.15, 0.2) is 5.69 Å². The van der Waals surface area contributed by atoms with Crippen molar-refractivity contribution in [2.45, 2.75) is 6.54 Å². The molecule has 3 aromatic rings. The first kappa shape index (κ1) is 15.9. The average Bonchev–Trinajstić information content (AvgIpc) is 3.01. The van der Waals surface area contributed by atoms with Gasteiger partial charge in [-0.25, -0.2) is 14.5 Å². The molecule has 0 amide bonds. The highest BCUT2D eigenvalue weighted by Gasteiger charge is 2.20. The summed E-state index contributed by atoms with van der Waals surface area (Å²) in [7, 11) is 1.57. The van der Waals surface area contributed by atoms with E-state index in [4.69, 9.17) is 16.3 Å². The monoisotopic (exact) mass is 344 g/mol. The first-order chi connectivity index (χ1) is 11.6. The summed E-state index contributed by atoms with van der Waals surface area (Å²) >= 11 is 5.78. The molecule has 0 fully saturated rings. The standard InChI is InChI=1S/C16H13ClN4O3/c1-24-12-5-3-11(4-6-12)15-14(16(22)23)19-20-21(15)9-10-2-7-13(17)18-8-10/h2-8H,9H2,1H3,(H,22,23). The molecule has 2 heterocycles. The molecule has 0 atom stereocenters. The lowest BCUT2D eigenvalue weighted by molar-refractivity contribution is 0.0691. The number of benzene rings is 1. The molecule has 0 aliphatic heterocycles. The first-order valence-electron chi connectivity index (χ1n) is 7.00. The van der Waals surface area contributed by atoms with Crippen LogP contribution < -0.4 is 4.74 Å². The van der Waals surface area contributed by atoms with Crippen LogP contribution in [-0.4, -0.2) is 38.2 Å². The van der Waals surface area contributed by atoms with Crippen molar-refractivity contribution in [1.29, 1.82) is 0 Å². The Morgan fingerprint density at radius 2 is 2.00 bits per heavy atom. The Bertz CT molecular complexity index is 860.